The zero-order valence-electron chi connectivity index (χ0n) is 12.2. The van der Waals surface area contributed by atoms with Gasteiger partial charge in [0.15, 0.2) is 0 Å². The van der Waals surface area contributed by atoms with Crippen LogP contribution < -0.4 is 5.32 Å². The van der Waals surface area contributed by atoms with Gasteiger partial charge in [0.1, 0.15) is 11.5 Å². The van der Waals surface area contributed by atoms with Gasteiger partial charge in [-0.1, -0.05) is 0 Å². The molecular weight excluding hydrogens is 268 g/mol. The number of aromatic hydroxyl groups is 2. The minimum atomic E-state index is -0.197. The van der Waals surface area contributed by atoms with Crippen molar-refractivity contribution in [3.63, 3.8) is 0 Å². The van der Waals surface area contributed by atoms with Crippen molar-refractivity contribution in [1.29, 1.82) is 0 Å². The van der Waals surface area contributed by atoms with Crippen molar-refractivity contribution in [2.45, 2.75) is 50.7 Å². The molecule has 0 spiro atoms. The van der Waals surface area contributed by atoms with Crippen LogP contribution in [0.15, 0.2) is 18.2 Å². The van der Waals surface area contributed by atoms with E-state index in [0.29, 0.717) is 18.6 Å². The Kier molecular flexibility index (Phi) is 3.76. The molecule has 2 aliphatic heterocycles. The third kappa shape index (κ3) is 2.70. The molecule has 21 heavy (non-hydrogen) atoms. The van der Waals surface area contributed by atoms with Gasteiger partial charge in [0.05, 0.1) is 5.56 Å². The second-order valence-electron chi connectivity index (χ2n) is 6.06. The Labute approximate surface area is 124 Å². The van der Waals surface area contributed by atoms with Crippen LogP contribution in [-0.4, -0.2) is 45.7 Å². The van der Waals surface area contributed by atoms with Gasteiger partial charge in [0, 0.05) is 24.7 Å². The molecule has 114 valence electrons. The lowest BCUT2D eigenvalue weighted by atomic mass is 9.97. The fourth-order valence-corrected chi connectivity index (χ4v) is 3.70. The Hall–Kier alpha value is -1.75. The monoisotopic (exact) mass is 290 g/mol. The SMILES string of the molecule is CCN(C(=O)c1cc(O)ccc1O)C1CC2CCC(C1)N2. The molecular formula is C16H22N2O3. The van der Waals surface area contributed by atoms with Crippen molar-refractivity contribution in [2.24, 2.45) is 0 Å². The van der Waals surface area contributed by atoms with Crippen LogP contribution in [0.3, 0.4) is 0 Å². The second kappa shape index (κ2) is 5.56. The van der Waals surface area contributed by atoms with Crippen LogP contribution in [0.25, 0.3) is 0 Å². The van der Waals surface area contributed by atoms with Crippen molar-refractivity contribution >= 4 is 5.91 Å². The number of fused-ring (bicyclic) bond motifs is 2. The van der Waals surface area contributed by atoms with E-state index in [-0.39, 0.29) is 29.0 Å². The first-order valence-electron chi connectivity index (χ1n) is 7.67. The van der Waals surface area contributed by atoms with E-state index in [0.717, 1.165) is 12.8 Å². The molecule has 5 nitrogen and oxygen atoms in total. The maximum Gasteiger partial charge on any atom is 0.257 e. The number of hydrogen-bond acceptors (Lipinski definition) is 4. The molecule has 2 atom stereocenters. The number of rotatable bonds is 3. The van der Waals surface area contributed by atoms with E-state index in [1.807, 2.05) is 11.8 Å². The van der Waals surface area contributed by atoms with Gasteiger partial charge in [-0.3, -0.25) is 4.79 Å². The third-order valence-corrected chi connectivity index (χ3v) is 4.70. The largest absolute Gasteiger partial charge is 0.508 e. The summed E-state index contributed by atoms with van der Waals surface area (Å²) in [5.41, 5.74) is 0.183. The summed E-state index contributed by atoms with van der Waals surface area (Å²) in [4.78, 5) is 14.6. The summed E-state index contributed by atoms with van der Waals surface area (Å²) in [5.74, 6) is -0.275. The van der Waals surface area contributed by atoms with Crippen LogP contribution in [0.4, 0.5) is 0 Å². The Morgan fingerprint density at radius 2 is 1.95 bits per heavy atom. The summed E-state index contributed by atoms with van der Waals surface area (Å²) in [6.07, 6.45) is 4.31. The van der Waals surface area contributed by atoms with E-state index in [9.17, 15) is 15.0 Å². The molecule has 5 heteroatoms. The van der Waals surface area contributed by atoms with E-state index in [2.05, 4.69) is 5.32 Å². The molecule has 2 aliphatic rings. The number of phenolic OH excluding ortho intramolecular Hbond substituents is 2. The summed E-state index contributed by atoms with van der Waals surface area (Å²) in [6, 6.07) is 5.32. The summed E-state index contributed by atoms with van der Waals surface area (Å²) in [6.45, 7) is 2.57. The van der Waals surface area contributed by atoms with E-state index in [1.54, 1.807) is 0 Å². The molecule has 3 N–H and O–H groups in total. The topological polar surface area (TPSA) is 72.8 Å². The predicted molar refractivity (Wildman–Crippen MR) is 79.4 cm³/mol. The first-order valence-corrected chi connectivity index (χ1v) is 7.67. The van der Waals surface area contributed by atoms with E-state index in [4.69, 9.17) is 0 Å². The van der Waals surface area contributed by atoms with Gasteiger partial charge in [-0.15, -0.1) is 0 Å². The lowest BCUT2D eigenvalue weighted by molar-refractivity contribution is 0.0627. The summed E-state index contributed by atoms with van der Waals surface area (Å²) < 4.78 is 0. The molecule has 2 fully saturated rings. The summed E-state index contributed by atoms with van der Waals surface area (Å²) >= 11 is 0. The van der Waals surface area contributed by atoms with Crippen molar-refractivity contribution in [1.82, 2.24) is 10.2 Å². The molecule has 1 amide bonds. The highest BCUT2D eigenvalue weighted by atomic mass is 16.3. The zero-order chi connectivity index (χ0) is 15.0. The van der Waals surface area contributed by atoms with Crippen LogP contribution >= 0.6 is 0 Å². The maximum absolute atomic E-state index is 12.7. The number of amides is 1. The lowest BCUT2D eigenvalue weighted by Gasteiger charge is -2.37. The summed E-state index contributed by atoms with van der Waals surface area (Å²) in [7, 11) is 0. The van der Waals surface area contributed by atoms with Crippen LogP contribution in [0.1, 0.15) is 43.0 Å². The molecule has 1 aromatic carbocycles. The number of benzene rings is 1. The van der Waals surface area contributed by atoms with Crippen LogP contribution in [-0.2, 0) is 0 Å². The van der Waals surface area contributed by atoms with Gasteiger partial charge in [-0.05, 0) is 50.8 Å². The Bertz CT molecular complexity index is 534. The number of carbonyl (C=O) groups is 1. The van der Waals surface area contributed by atoms with Gasteiger partial charge in [0.25, 0.3) is 5.91 Å². The number of hydrogen-bond donors (Lipinski definition) is 3. The normalized spacial score (nSPS) is 27.6. The smallest absolute Gasteiger partial charge is 0.257 e. The third-order valence-electron chi connectivity index (χ3n) is 4.70. The van der Waals surface area contributed by atoms with Crippen molar-refractivity contribution < 1.29 is 15.0 Å². The molecule has 0 aromatic heterocycles. The zero-order valence-corrected chi connectivity index (χ0v) is 12.2. The van der Waals surface area contributed by atoms with Crippen LogP contribution in [0, 0.1) is 0 Å². The minimum absolute atomic E-state index is 0.00224. The predicted octanol–water partition coefficient (Wildman–Crippen LogP) is 1.84. The van der Waals surface area contributed by atoms with Crippen LogP contribution in [0.5, 0.6) is 11.5 Å². The molecule has 1 aromatic rings. The van der Waals surface area contributed by atoms with Gasteiger partial charge >= 0.3 is 0 Å². The number of piperidine rings is 1. The quantitative estimate of drug-likeness (QED) is 0.743. The lowest BCUT2D eigenvalue weighted by Crippen LogP contribution is -2.50. The first kappa shape index (κ1) is 14.2. The standard InChI is InChI=1S/C16H22N2O3/c1-2-18(12-7-10-3-4-11(8-12)17-10)16(21)14-9-13(19)5-6-15(14)20/h5-6,9-12,17,19-20H,2-4,7-8H2,1H3. The van der Waals surface area contributed by atoms with Crippen molar-refractivity contribution in [3.05, 3.63) is 23.8 Å². The van der Waals surface area contributed by atoms with Gasteiger partial charge < -0.3 is 20.4 Å². The molecule has 0 radical (unpaired) electrons. The Balaban J connectivity index is 1.82. The van der Waals surface area contributed by atoms with Gasteiger partial charge in [-0.2, -0.15) is 0 Å². The molecule has 3 rings (SSSR count). The molecule has 2 saturated heterocycles. The highest BCUT2D eigenvalue weighted by Crippen LogP contribution is 2.32. The van der Waals surface area contributed by atoms with E-state index >= 15 is 0 Å². The van der Waals surface area contributed by atoms with E-state index < -0.39 is 0 Å². The molecule has 0 aliphatic carbocycles. The highest BCUT2D eigenvalue weighted by molar-refractivity contribution is 5.97. The number of carbonyl (C=O) groups excluding carboxylic acids is 1. The second-order valence-corrected chi connectivity index (χ2v) is 6.06. The molecule has 2 bridgehead atoms. The van der Waals surface area contributed by atoms with Crippen molar-refractivity contribution in [3.8, 4) is 11.5 Å². The average Bonchev–Trinajstić information content (AvgIpc) is 2.81. The highest BCUT2D eigenvalue weighted by Gasteiger charge is 2.37. The maximum atomic E-state index is 12.7. The van der Waals surface area contributed by atoms with Gasteiger partial charge in [-0.25, -0.2) is 0 Å². The molecule has 2 heterocycles. The number of phenols is 2. The molecule has 0 saturated carbocycles. The van der Waals surface area contributed by atoms with Crippen LogP contribution in [0.2, 0.25) is 0 Å². The number of nitrogens with one attached hydrogen (secondary N) is 1. The Morgan fingerprint density at radius 1 is 1.29 bits per heavy atom. The van der Waals surface area contributed by atoms with Crippen molar-refractivity contribution in [2.75, 3.05) is 6.54 Å². The number of nitrogens with zero attached hydrogens (tertiary/aromatic N) is 1. The molecule has 2 unspecified atom stereocenters. The first-order chi connectivity index (χ1) is 10.1. The average molecular weight is 290 g/mol. The minimum Gasteiger partial charge on any atom is -0.508 e. The Morgan fingerprint density at radius 3 is 2.57 bits per heavy atom. The fourth-order valence-electron chi connectivity index (χ4n) is 3.70. The van der Waals surface area contributed by atoms with Gasteiger partial charge in [0.2, 0.25) is 0 Å². The van der Waals surface area contributed by atoms with E-state index in [1.165, 1.54) is 31.0 Å². The fraction of sp³-hybridized carbons (Fsp3) is 0.562. The summed E-state index contributed by atoms with van der Waals surface area (Å²) in [5, 5.41) is 23.0.